The summed E-state index contributed by atoms with van der Waals surface area (Å²) < 4.78 is 5.73. The molecule has 3 heteroatoms. The summed E-state index contributed by atoms with van der Waals surface area (Å²) in [5.41, 5.74) is 0. The lowest BCUT2D eigenvalue weighted by atomic mass is 10.2. The molecule has 0 aromatic carbocycles. The molecule has 0 saturated carbocycles. The maximum absolute atomic E-state index is 5.73. The van der Waals surface area contributed by atoms with Gasteiger partial charge in [-0.2, -0.15) is 25.3 Å². The van der Waals surface area contributed by atoms with Gasteiger partial charge >= 0.3 is 0 Å². The highest BCUT2D eigenvalue weighted by molar-refractivity contribution is 7.80. The molecule has 86 valence electrons. The van der Waals surface area contributed by atoms with E-state index in [2.05, 4.69) is 37.4 Å². The molecule has 1 aromatic rings. The van der Waals surface area contributed by atoms with Crippen molar-refractivity contribution < 1.29 is 4.42 Å². The van der Waals surface area contributed by atoms with Gasteiger partial charge in [-0.05, 0) is 49.3 Å². The number of hydrogen-bond donors (Lipinski definition) is 2. The van der Waals surface area contributed by atoms with Crippen molar-refractivity contribution in [1.82, 2.24) is 0 Å². The highest BCUT2D eigenvalue weighted by Crippen LogP contribution is 2.13. The van der Waals surface area contributed by atoms with Gasteiger partial charge in [-0.1, -0.05) is 0 Å². The van der Waals surface area contributed by atoms with Crippen LogP contribution >= 0.6 is 25.3 Å². The third-order valence-corrected chi connectivity index (χ3v) is 3.01. The summed E-state index contributed by atoms with van der Waals surface area (Å²) in [6.07, 6.45) is 6.78. The van der Waals surface area contributed by atoms with Crippen LogP contribution in [-0.2, 0) is 12.8 Å². The van der Waals surface area contributed by atoms with Crippen LogP contribution in [0.4, 0.5) is 0 Å². The van der Waals surface area contributed by atoms with Crippen LogP contribution in [0.5, 0.6) is 0 Å². The van der Waals surface area contributed by atoms with Crippen molar-refractivity contribution in [2.45, 2.75) is 38.5 Å². The Morgan fingerprint density at radius 2 is 1.27 bits per heavy atom. The Hall–Kier alpha value is -0.0200. The minimum atomic E-state index is 0.968. The van der Waals surface area contributed by atoms with Crippen LogP contribution in [0.2, 0.25) is 0 Å². The number of aryl methyl sites for hydroxylation is 2. The molecule has 0 fully saturated rings. The van der Waals surface area contributed by atoms with Gasteiger partial charge in [0.05, 0.1) is 0 Å². The van der Waals surface area contributed by atoms with E-state index in [0.29, 0.717) is 0 Å². The molecular formula is C12H20OS2. The zero-order valence-electron chi connectivity index (χ0n) is 9.11. The van der Waals surface area contributed by atoms with Crippen molar-refractivity contribution in [3.05, 3.63) is 23.7 Å². The summed E-state index contributed by atoms with van der Waals surface area (Å²) in [7, 11) is 0. The van der Waals surface area contributed by atoms with Gasteiger partial charge < -0.3 is 4.42 Å². The third-order valence-electron chi connectivity index (χ3n) is 2.38. The second-order valence-corrected chi connectivity index (χ2v) is 4.62. The highest BCUT2D eigenvalue weighted by atomic mass is 32.1. The van der Waals surface area contributed by atoms with Crippen molar-refractivity contribution >= 4 is 25.3 Å². The monoisotopic (exact) mass is 244 g/mol. The quantitative estimate of drug-likeness (QED) is 0.524. The largest absolute Gasteiger partial charge is 0.466 e. The predicted octanol–water partition coefficient (Wildman–Crippen LogP) is 3.78. The van der Waals surface area contributed by atoms with Crippen molar-refractivity contribution in [3.8, 4) is 0 Å². The van der Waals surface area contributed by atoms with Crippen LogP contribution in [0.25, 0.3) is 0 Å². The van der Waals surface area contributed by atoms with E-state index in [4.69, 9.17) is 4.42 Å². The molecule has 1 nitrogen and oxygen atoms in total. The fraction of sp³-hybridized carbons (Fsp3) is 0.667. The number of furan rings is 1. The SMILES string of the molecule is SCCCCc1ccc(CCCCS)o1. The van der Waals surface area contributed by atoms with E-state index >= 15 is 0 Å². The Labute approximate surface area is 103 Å². The van der Waals surface area contributed by atoms with Crippen LogP contribution in [0.15, 0.2) is 16.5 Å². The van der Waals surface area contributed by atoms with Crippen LogP contribution in [-0.4, -0.2) is 11.5 Å². The first-order valence-electron chi connectivity index (χ1n) is 5.66. The number of thiol groups is 2. The van der Waals surface area contributed by atoms with Crippen LogP contribution < -0.4 is 0 Å². The summed E-state index contributed by atoms with van der Waals surface area (Å²) in [6, 6.07) is 4.21. The lowest BCUT2D eigenvalue weighted by Crippen LogP contribution is -1.85. The third kappa shape index (κ3) is 5.57. The summed E-state index contributed by atoms with van der Waals surface area (Å²) in [5.74, 6) is 4.18. The van der Waals surface area contributed by atoms with Crippen LogP contribution in [0.1, 0.15) is 37.2 Å². The minimum absolute atomic E-state index is 0.968. The van der Waals surface area contributed by atoms with Crippen molar-refractivity contribution in [2.75, 3.05) is 11.5 Å². The van der Waals surface area contributed by atoms with Gasteiger partial charge in [0, 0.05) is 12.8 Å². The first kappa shape index (κ1) is 13.0. The number of unbranched alkanes of at least 4 members (excludes halogenated alkanes) is 2. The average molecular weight is 244 g/mol. The summed E-state index contributed by atoms with van der Waals surface area (Å²) in [6.45, 7) is 0. The van der Waals surface area contributed by atoms with E-state index in [1.165, 1.54) is 25.7 Å². The van der Waals surface area contributed by atoms with Crippen molar-refractivity contribution in [2.24, 2.45) is 0 Å². The van der Waals surface area contributed by atoms with Crippen LogP contribution in [0, 0.1) is 0 Å². The van der Waals surface area contributed by atoms with E-state index in [1.807, 2.05) is 0 Å². The van der Waals surface area contributed by atoms with Gasteiger partial charge in [-0.15, -0.1) is 0 Å². The fourth-order valence-corrected chi connectivity index (χ4v) is 1.96. The lowest BCUT2D eigenvalue weighted by Gasteiger charge is -1.97. The predicted molar refractivity (Wildman–Crippen MR) is 72.3 cm³/mol. The first-order valence-corrected chi connectivity index (χ1v) is 6.92. The molecule has 1 heterocycles. The van der Waals surface area contributed by atoms with E-state index in [0.717, 1.165) is 35.9 Å². The second kappa shape index (κ2) is 8.17. The van der Waals surface area contributed by atoms with Gasteiger partial charge in [0.15, 0.2) is 0 Å². The fourth-order valence-electron chi connectivity index (χ4n) is 1.51. The summed E-state index contributed by atoms with van der Waals surface area (Å²) in [5, 5.41) is 0. The Kier molecular flexibility index (Phi) is 7.11. The van der Waals surface area contributed by atoms with E-state index in [-0.39, 0.29) is 0 Å². The Balaban J connectivity index is 2.23. The maximum atomic E-state index is 5.73. The molecule has 0 aliphatic carbocycles. The zero-order chi connectivity index (χ0) is 10.9. The minimum Gasteiger partial charge on any atom is -0.466 e. The molecule has 0 amide bonds. The van der Waals surface area contributed by atoms with Gasteiger partial charge in [-0.3, -0.25) is 0 Å². The Morgan fingerprint density at radius 1 is 0.800 bits per heavy atom. The second-order valence-electron chi connectivity index (χ2n) is 3.73. The standard InChI is InChI=1S/C12H20OS2/c14-9-3-1-5-11-7-8-12(13-11)6-2-4-10-15/h7-8,14-15H,1-6,9-10H2. The molecule has 15 heavy (non-hydrogen) atoms. The first-order chi connectivity index (χ1) is 7.36. The molecule has 0 aliphatic heterocycles. The summed E-state index contributed by atoms with van der Waals surface area (Å²) in [4.78, 5) is 0. The van der Waals surface area contributed by atoms with Gasteiger partial charge in [0.2, 0.25) is 0 Å². The number of rotatable bonds is 8. The molecule has 1 aromatic heterocycles. The van der Waals surface area contributed by atoms with Gasteiger partial charge in [0.25, 0.3) is 0 Å². The molecule has 0 bridgehead atoms. The van der Waals surface area contributed by atoms with Gasteiger partial charge in [-0.25, -0.2) is 0 Å². The van der Waals surface area contributed by atoms with Crippen LogP contribution in [0.3, 0.4) is 0 Å². The van der Waals surface area contributed by atoms with E-state index in [1.54, 1.807) is 0 Å². The van der Waals surface area contributed by atoms with E-state index in [9.17, 15) is 0 Å². The number of hydrogen-bond acceptors (Lipinski definition) is 3. The molecule has 0 radical (unpaired) electrons. The van der Waals surface area contributed by atoms with E-state index < -0.39 is 0 Å². The van der Waals surface area contributed by atoms with Gasteiger partial charge in [0.1, 0.15) is 11.5 Å². The normalized spacial score (nSPS) is 10.8. The zero-order valence-corrected chi connectivity index (χ0v) is 10.9. The topological polar surface area (TPSA) is 13.1 Å². The maximum Gasteiger partial charge on any atom is 0.104 e. The van der Waals surface area contributed by atoms with Crippen molar-refractivity contribution in [1.29, 1.82) is 0 Å². The summed E-state index contributed by atoms with van der Waals surface area (Å²) >= 11 is 8.38. The Bertz CT molecular complexity index is 233. The molecule has 0 aliphatic rings. The molecule has 0 atom stereocenters. The van der Waals surface area contributed by atoms with Crippen molar-refractivity contribution in [3.63, 3.8) is 0 Å². The average Bonchev–Trinajstić information content (AvgIpc) is 2.67. The molecule has 0 N–H and O–H groups in total. The Morgan fingerprint density at radius 3 is 1.67 bits per heavy atom. The molecule has 0 spiro atoms. The molecular weight excluding hydrogens is 224 g/mol. The molecule has 1 rings (SSSR count). The molecule has 0 saturated heterocycles. The molecule has 0 unspecified atom stereocenters. The lowest BCUT2D eigenvalue weighted by molar-refractivity contribution is 0.454. The highest BCUT2D eigenvalue weighted by Gasteiger charge is 2.01. The smallest absolute Gasteiger partial charge is 0.104 e.